The molecule has 1 aliphatic heterocycles. The van der Waals surface area contributed by atoms with E-state index in [1.54, 1.807) is 11.2 Å². The molecule has 88 valence electrons. The predicted molar refractivity (Wildman–Crippen MR) is 71.7 cm³/mol. The highest BCUT2D eigenvalue weighted by Crippen LogP contribution is 2.35. The number of rotatable bonds is 2. The smallest absolute Gasteiger partial charge is 0.150 e. The average molecular weight is 235 g/mol. The third-order valence-corrected chi connectivity index (χ3v) is 2.83. The maximum atomic E-state index is 11.1. The summed E-state index contributed by atoms with van der Waals surface area (Å²) in [6.45, 7) is 0. The molecule has 0 radical (unpaired) electrons. The van der Waals surface area contributed by atoms with Gasteiger partial charge in [-0.1, -0.05) is 42.5 Å². The zero-order chi connectivity index (χ0) is 12.4. The topological polar surface area (TPSA) is 34.4 Å². The van der Waals surface area contributed by atoms with E-state index in [1.807, 2.05) is 54.6 Å². The van der Waals surface area contributed by atoms with Gasteiger partial charge in [-0.2, -0.15) is 0 Å². The Labute approximate surface area is 105 Å². The first kappa shape index (κ1) is 10.6. The highest BCUT2D eigenvalue weighted by atomic mass is 16.1. The van der Waals surface area contributed by atoms with E-state index < -0.39 is 0 Å². The molecule has 0 aromatic heterocycles. The molecule has 2 aliphatic rings. The van der Waals surface area contributed by atoms with Crippen molar-refractivity contribution >= 4 is 12.0 Å². The molecule has 0 spiro atoms. The summed E-state index contributed by atoms with van der Waals surface area (Å²) in [5, 5.41) is 1.73. The molecule has 0 atom stereocenters. The van der Waals surface area contributed by atoms with E-state index in [-0.39, 0.29) is 0 Å². The van der Waals surface area contributed by atoms with Crippen molar-refractivity contribution in [3.05, 3.63) is 83.1 Å². The summed E-state index contributed by atoms with van der Waals surface area (Å²) in [5.41, 5.74) is 7.71. The Bertz CT molecular complexity index is 580. The minimum atomic E-state index is 0.602. The Kier molecular flexibility index (Phi) is 2.57. The Morgan fingerprint density at radius 1 is 1.06 bits per heavy atom. The molecule has 18 heavy (non-hydrogen) atoms. The van der Waals surface area contributed by atoms with Gasteiger partial charge in [-0.25, -0.2) is 0 Å². The van der Waals surface area contributed by atoms with Crippen molar-refractivity contribution < 1.29 is 4.79 Å². The summed E-state index contributed by atoms with van der Waals surface area (Å²) in [5.74, 6) is 0. The van der Waals surface area contributed by atoms with Gasteiger partial charge in [0.25, 0.3) is 0 Å². The monoisotopic (exact) mass is 235 g/mol. The fraction of sp³-hybridized carbons (Fsp3) is 0. The number of allylic oxidation sites excluding steroid dienone is 6. The van der Waals surface area contributed by atoms with Crippen LogP contribution in [-0.4, -0.2) is 6.29 Å². The van der Waals surface area contributed by atoms with Gasteiger partial charge in [0.15, 0.2) is 0 Å². The molecule has 0 bridgehead atoms. The van der Waals surface area contributed by atoms with Gasteiger partial charge >= 0.3 is 0 Å². The molecule has 0 unspecified atom stereocenters. The van der Waals surface area contributed by atoms with Crippen LogP contribution in [0.2, 0.25) is 0 Å². The molecule has 1 aromatic rings. The normalized spacial score (nSPS) is 17.1. The minimum absolute atomic E-state index is 0.602. The van der Waals surface area contributed by atoms with E-state index >= 15 is 0 Å². The zero-order valence-electron chi connectivity index (χ0n) is 9.65. The number of nitrogens with zero attached hydrogens (tertiary/aromatic N) is 2. The molecule has 0 saturated carbocycles. The number of anilines is 1. The fourth-order valence-electron chi connectivity index (χ4n) is 1.94. The molecule has 0 N–H and O–H groups in total. The Morgan fingerprint density at radius 3 is 2.44 bits per heavy atom. The number of hydrogen-bond donors (Lipinski definition) is 0. The summed E-state index contributed by atoms with van der Waals surface area (Å²) in [6.07, 6.45) is 10.4. The van der Waals surface area contributed by atoms with Crippen LogP contribution in [0.3, 0.4) is 0 Å². The number of carbonyl (C=O) groups excluding carboxylic acids is 1. The van der Waals surface area contributed by atoms with Gasteiger partial charge in [0.05, 0.1) is 0 Å². The van der Waals surface area contributed by atoms with E-state index in [2.05, 4.69) is 5.43 Å². The first-order valence-electron chi connectivity index (χ1n) is 5.71. The van der Waals surface area contributed by atoms with E-state index in [9.17, 15) is 4.79 Å². The highest BCUT2D eigenvalue weighted by molar-refractivity contribution is 5.88. The van der Waals surface area contributed by atoms with Crippen LogP contribution in [0.15, 0.2) is 77.7 Å². The Balaban J connectivity index is 1.98. The van der Waals surface area contributed by atoms with Crippen molar-refractivity contribution in [2.45, 2.75) is 0 Å². The summed E-state index contributed by atoms with van der Waals surface area (Å²) in [4.78, 5) is 11.1. The SMILES string of the molecule is O=CC1=CN(c2ccccc2)[N-]C1=C1C=CC=C1. The van der Waals surface area contributed by atoms with E-state index in [0.717, 1.165) is 23.2 Å². The standard InChI is InChI=1S/C15H11N2O/c18-11-13-10-17(14-8-2-1-3-9-14)16-15(13)12-6-4-5-7-12/h1-11H/q-1. The Hall–Kier alpha value is -2.55. The predicted octanol–water partition coefficient (Wildman–Crippen LogP) is 3.26. The van der Waals surface area contributed by atoms with Gasteiger partial charge < -0.3 is 10.4 Å². The second kappa shape index (κ2) is 4.37. The summed E-state index contributed by atoms with van der Waals surface area (Å²) in [6, 6.07) is 9.75. The van der Waals surface area contributed by atoms with Crippen LogP contribution in [0.25, 0.3) is 5.43 Å². The first-order chi connectivity index (χ1) is 8.88. The van der Waals surface area contributed by atoms with Crippen molar-refractivity contribution in [3.63, 3.8) is 0 Å². The van der Waals surface area contributed by atoms with Gasteiger partial charge in [0, 0.05) is 11.3 Å². The third kappa shape index (κ3) is 1.76. The number of benzene rings is 1. The molecule has 1 aromatic carbocycles. The highest BCUT2D eigenvalue weighted by Gasteiger charge is 2.10. The van der Waals surface area contributed by atoms with Gasteiger partial charge in [-0.15, -0.1) is 5.70 Å². The van der Waals surface area contributed by atoms with Crippen molar-refractivity contribution in [1.82, 2.24) is 0 Å². The number of aldehydes is 1. The van der Waals surface area contributed by atoms with E-state index in [1.165, 1.54) is 0 Å². The van der Waals surface area contributed by atoms with Crippen molar-refractivity contribution in [1.29, 1.82) is 0 Å². The van der Waals surface area contributed by atoms with Crippen LogP contribution >= 0.6 is 0 Å². The Morgan fingerprint density at radius 2 is 1.78 bits per heavy atom. The van der Waals surface area contributed by atoms with Gasteiger partial charge in [0.2, 0.25) is 0 Å². The number of hydrogen-bond acceptors (Lipinski definition) is 2. The zero-order valence-corrected chi connectivity index (χ0v) is 9.65. The average Bonchev–Trinajstić information content (AvgIpc) is 3.08. The second-order valence-electron chi connectivity index (χ2n) is 4.00. The van der Waals surface area contributed by atoms with Gasteiger partial charge in [-0.3, -0.25) is 4.79 Å². The molecule has 3 heteroatoms. The van der Waals surface area contributed by atoms with Crippen LogP contribution in [-0.2, 0) is 4.79 Å². The molecule has 0 fully saturated rings. The van der Waals surface area contributed by atoms with Crippen LogP contribution < -0.4 is 5.01 Å². The van der Waals surface area contributed by atoms with E-state index in [4.69, 9.17) is 0 Å². The summed E-state index contributed by atoms with van der Waals surface area (Å²) >= 11 is 0. The molecule has 3 rings (SSSR count). The molecular weight excluding hydrogens is 224 g/mol. The largest absolute Gasteiger partial charge is 0.589 e. The fourth-order valence-corrected chi connectivity index (χ4v) is 1.94. The van der Waals surface area contributed by atoms with Crippen molar-refractivity contribution in [2.24, 2.45) is 0 Å². The van der Waals surface area contributed by atoms with Crippen LogP contribution in [0.1, 0.15) is 0 Å². The van der Waals surface area contributed by atoms with Crippen LogP contribution in [0.5, 0.6) is 0 Å². The summed E-state index contributed by atoms with van der Waals surface area (Å²) in [7, 11) is 0. The third-order valence-electron chi connectivity index (χ3n) is 2.83. The maximum absolute atomic E-state index is 11.1. The van der Waals surface area contributed by atoms with Gasteiger partial charge in [-0.05, 0) is 23.9 Å². The number of para-hydroxylation sites is 1. The van der Waals surface area contributed by atoms with E-state index in [0.29, 0.717) is 5.57 Å². The molecule has 1 heterocycles. The lowest BCUT2D eigenvalue weighted by Crippen LogP contribution is -2.04. The van der Waals surface area contributed by atoms with Crippen molar-refractivity contribution in [2.75, 3.05) is 5.01 Å². The van der Waals surface area contributed by atoms with Crippen LogP contribution in [0.4, 0.5) is 5.69 Å². The maximum Gasteiger partial charge on any atom is 0.150 e. The lowest BCUT2D eigenvalue weighted by molar-refractivity contribution is -0.104. The van der Waals surface area contributed by atoms with Gasteiger partial charge in [0.1, 0.15) is 6.29 Å². The minimum Gasteiger partial charge on any atom is -0.589 e. The summed E-state index contributed by atoms with van der Waals surface area (Å²) < 4.78 is 0. The second-order valence-corrected chi connectivity index (χ2v) is 4.00. The molecule has 0 saturated heterocycles. The quantitative estimate of drug-likeness (QED) is 0.737. The lowest BCUT2D eigenvalue weighted by atomic mass is 10.1. The number of carbonyl (C=O) groups is 1. The lowest BCUT2D eigenvalue weighted by Gasteiger charge is -2.32. The molecular formula is C15H11N2O-. The molecule has 3 nitrogen and oxygen atoms in total. The first-order valence-corrected chi connectivity index (χ1v) is 5.71. The molecule has 1 aliphatic carbocycles. The molecule has 0 amide bonds. The van der Waals surface area contributed by atoms with Crippen LogP contribution in [0, 0.1) is 0 Å². The van der Waals surface area contributed by atoms with Crippen molar-refractivity contribution in [3.8, 4) is 0 Å².